The molecule has 0 aliphatic heterocycles. The lowest BCUT2D eigenvalue weighted by atomic mass is 9.89. The van der Waals surface area contributed by atoms with Crippen molar-refractivity contribution in [2.24, 2.45) is 23.7 Å². The van der Waals surface area contributed by atoms with Crippen LogP contribution >= 0.6 is 0 Å². The minimum atomic E-state index is 0.850. The topological polar surface area (TPSA) is 0 Å². The van der Waals surface area contributed by atoms with Crippen LogP contribution < -0.4 is 0 Å². The van der Waals surface area contributed by atoms with Crippen LogP contribution in [0.15, 0.2) is 12.1 Å². The second-order valence-electron chi connectivity index (χ2n) is 10.6. The molecule has 0 saturated carbocycles. The first-order valence-corrected chi connectivity index (χ1v) is 12.3. The predicted octanol–water partition coefficient (Wildman–Crippen LogP) is 9.09. The highest BCUT2D eigenvalue weighted by atomic mass is 14.2. The summed E-state index contributed by atoms with van der Waals surface area (Å²) in [6.45, 7) is 18.9. The van der Waals surface area contributed by atoms with Crippen LogP contribution in [0.4, 0.5) is 0 Å². The van der Waals surface area contributed by atoms with E-state index in [1.54, 1.807) is 11.1 Å². The first-order valence-electron chi connectivity index (χ1n) is 12.3. The zero-order valence-corrected chi connectivity index (χ0v) is 20.5. The molecule has 0 heterocycles. The summed E-state index contributed by atoms with van der Waals surface area (Å²) in [5.74, 6) is 3.40. The fourth-order valence-corrected chi connectivity index (χ4v) is 4.32. The van der Waals surface area contributed by atoms with Crippen LogP contribution in [0.3, 0.4) is 0 Å². The molecule has 0 amide bonds. The van der Waals surface area contributed by atoms with Crippen molar-refractivity contribution >= 4 is 0 Å². The minimum Gasteiger partial charge on any atom is -0.0628 e. The highest BCUT2D eigenvalue weighted by Crippen LogP contribution is 2.24. The third-order valence-corrected chi connectivity index (χ3v) is 6.56. The molecule has 0 bridgehead atoms. The summed E-state index contributed by atoms with van der Waals surface area (Å²) in [7, 11) is 0. The Hall–Kier alpha value is -0.780. The molecule has 0 aliphatic carbocycles. The standard InChI is InChI=1S/C28H50/c1-21(2)11-9-13-23(5)15-17-27-19-26(8)28(20-25(27)7)18-16-24(6)14-10-12-22(3)4/h19-24H,9-18H2,1-8H3. The molecule has 0 fully saturated rings. The van der Waals surface area contributed by atoms with E-state index in [2.05, 4.69) is 67.5 Å². The van der Waals surface area contributed by atoms with Crippen LogP contribution in [0.25, 0.3) is 0 Å². The van der Waals surface area contributed by atoms with Gasteiger partial charge in [-0.25, -0.2) is 0 Å². The zero-order valence-electron chi connectivity index (χ0n) is 20.5. The monoisotopic (exact) mass is 386 g/mol. The molecular weight excluding hydrogens is 336 g/mol. The highest BCUT2D eigenvalue weighted by Gasteiger charge is 2.10. The summed E-state index contributed by atoms with van der Waals surface area (Å²) >= 11 is 0. The van der Waals surface area contributed by atoms with Crippen molar-refractivity contribution < 1.29 is 0 Å². The lowest BCUT2D eigenvalue weighted by Gasteiger charge is -2.17. The molecule has 162 valence electrons. The Morgan fingerprint density at radius 3 is 1.21 bits per heavy atom. The maximum atomic E-state index is 2.49. The first kappa shape index (κ1) is 25.3. The van der Waals surface area contributed by atoms with Crippen molar-refractivity contribution in [3.05, 3.63) is 34.4 Å². The maximum Gasteiger partial charge on any atom is -0.0274 e. The number of hydrogen-bond acceptors (Lipinski definition) is 0. The molecule has 0 nitrogen and oxygen atoms in total. The van der Waals surface area contributed by atoms with Gasteiger partial charge in [-0.1, -0.05) is 92.2 Å². The van der Waals surface area contributed by atoms with Crippen LogP contribution in [-0.2, 0) is 12.8 Å². The van der Waals surface area contributed by atoms with Gasteiger partial charge in [-0.3, -0.25) is 0 Å². The molecule has 2 unspecified atom stereocenters. The van der Waals surface area contributed by atoms with Gasteiger partial charge >= 0.3 is 0 Å². The molecule has 1 aromatic carbocycles. The van der Waals surface area contributed by atoms with Gasteiger partial charge < -0.3 is 0 Å². The van der Waals surface area contributed by atoms with E-state index in [1.165, 1.54) is 75.3 Å². The SMILES string of the molecule is Cc1cc(CCC(C)CCCC(C)C)c(C)cc1CCC(C)CCCC(C)C. The smallest absolute Gasteiger partial charge is 0.0274 e. The van der Waals surface area contributed by atoms with E-state index in [-0.39, 0.29) is 0 Å². The second kappa shape index (κ2) is 13.4. The Labute approximate surface area is 177 Å². The molecule has 1 aromatic rings. The third-order valence-electron chi connectivity index (χ3n) is 6.56. The van der Waals surface area contributed by atoms with Crippen molar-refractivity contribution in [1.29, 1.82) is 0 Å². The Bertz CT molecular complexity index is 487. The van der Waals surface area contributed by atoms with Gasteiger partial charge in [-0.2, -0.15) is 0 Å². The van der Waals surface area contributed by atoms with Crippen LogP contribution in [0.1, 0.15) is 115 Å². The summed E-state index contributed by atoms with van der Waals surface area (Å²) in [5.41, 5.74) is 6.20. The van der Waals surface area contributed by atoms with Gasteiger partial charge in [0.2, 0.25) is 0 Å². The van der Waals surface area contributed by atoms with Crippen molar-refractivity contribution in [3.8, 4) is 0 Å². The van der Waals surface area contributed by atoms with E-state index < -0.39 is 0 Å². The molecule has 2 atom stereocenters. The van der Waals surface area contributed by atoms with Gasteiger partial charge in [0.15, 0.2) is 0 Å². The summed E-state index contributed by atoms with van der Waals surface area (Å²) in [4.78, 5) is 0. The Morgan fingerprint density at radius 1 is 0.536 bits per heavy atom. The fourth-order valence-electron chi connectivity index (χ4n) is 4.32. The molecule has 0 spiro atoms. The minimum absolute atomic E-state index is 0.850. The van der Waals surface area contributed by atoms with Crippen molar-refractivity contribution in [2.45, 2.75) is 120 Å². The molecule has 0 saturated heterocycles. The highest BCUT2D eigenvalue weighted by molar-refractivity contribution is 5.37. The van der Waals surface area contributed by atoms with Crippen molar-refractivity contribution in [3.63, 3.8) is 0 Å². The Morgan fingerprint density at radius 2 is 0.893 bits per heavy atom. The summed E-state index contributed by atoms with van der Waals surface area (Å²) in [6, 6.07) is 4.99. The molecule has 1 rings (SSSR count). The lowest BCUT2D eigenvalue weighted by Crippen LogP contribution is -2.03. The van der Waals surface area contributed by atoms with E-state index in [4.69, 9.17) is 0 Å². The quantitative estimate of drug-likeness (QED) is 0.299. The summed E-state index contributed by atoms with van der Waals surface area (Å²) in [6.07, 6.45) is 13.5. The average Bonchev–Trinajstić information content (AvgIpc) is 2.60. The Balaban J connectivity index is 2.46. The molecule has 28 heavy (non-hydrogen) atoms. The predicted molar refractivity (Wildman–Crippen MR) is 128 cm³/mol. The second-order valence-corrected chi connectivity index (χ2v) is 10.6. The fraction of sp³-hybridized carbons (Fsp3) is 0.786. The van der Waals surface area contributed by atoms with Crippen LogP contribution in [0.5, 0.6) is 0 Å². The molecular formula is C28H50. The van der Waals surface area contributed by atoms with Gasteiger partial charge in [-0.15, -0.1) is 0 Å². The van der Waals surface area contributed by atoms with Crippen LogP contribution in [0.2, 0.25) is 0 Å². The average molecular weight is 387 g/mol. The van der Waals surface area contributed by atoms with Crippen LogP contribution in [0, 0.1) is 37.5 Å². The van der Waals surface area contributed by atoms with Gasteiger partial charge in [-0.05, 0) is 85.5 Å². The number of hydrogen-bond donors (Lipinski definition) is 0. The summed E-state index contributed by atoms with van der Waals surface area (Å²) in [5, 5.41) is 0. The van der Waals surface area contributed by atoms with E-state index in [9.17, 15) is 0 Å². The molecule has 0 N–H and O–H groups in total. The zero-order chi connectivity index (χ0) is 21.1. The number of benzene rings is 1. The Kier molecular flexibility index (Phi) is 12.1. The lowest BCUT2D eigenvalue weighted by molar-refractivity contribution is 0.435. The molecule has 0 radical (unpaired) electrons. The number of rotatable bonds is 14. The van der Waals surface area contributed by atoms with Gasteiger partial charge in [0.1, 0.15) is 0 Å². The normalized spacial score (nSPS) is 14.1. The van der Waals surface area contributed by atoms with E-state index in [0.29, 0.717) is 0 Å². The number of aryl methyl sites for hydroxylation is 4. The molecule has 0 aliphatic rings. The molecule has 0 heteroatoms. The third kappa shape index (κ3) is 10.7. The van der Waals surface area contributed by atoms with Gasteiger partial charge in [0.25, 0.3) is 0 Å². The molecule has 0 aromatic heterocycles. The van der Waals surface area contributed by atoms with Gasteiger partial charge in [0.05, 0.1) is 0 Å². The maximum absolute atomic E-state index is 2.49. The van der Waals surface area contributed by atoms with Crippen molar-refractivity contribution in [1.82, 2.24) is 0 Å². The van der Waals surface area contributed by atoms with E-state index in [1.807, 2.05) is 0 Å². The van der Waals surface area contributed by atoms with Crippen LogP contribution in [-0.4, -0.2) is 0 Å². The largest absolute Gasteiger partial charge is 0.0628 e. The van der Waals surface area contributed by atoms with Crippen molar-refractivity contribution in [2.75, 3.05) is 0 Å². The van der Waals surface area contributed by atoms with Gasteiger partial charge in [0, 0.05) is 0 Å². The van der Waals surface area contributed by atoms with E-state index in [0.717, 1.165) is 23.7 Å². The first-order chi connectivity index (χ1) is 13.2. The summed E-state index contributed by atoms with van der Waals surface area (Å²) < 4.78 is 0. The van der Waals surface area contributed by atoms with E-state index >= 15 is 0 Å².